The maximum absolute atomic E-state index is 12.0. The van der Waals surface area contributed by atoms with Crippen LogP contribution in [0.25, 0.3) is 0 Å². The maximum atomic E-state index is 12.0. The zero-order chi connectivity index (χ0) is 16.1. The lowest BCUT2D eigenvalue weighted by atomic mass is 10.2. The van der Waals surface area contributed by atoms with Crippen molar-refractivity contribution in [1.29, 1.82) is 0 Å². The van der Waals surface area contributed by atoms with Gasteiger partial charge in [0.2, 0.25) is 0 Å². The van der Waals surface area contributed by atoms with Gasteiger partial charge in [-0.05, 0) is 41.5 Å². The van der Waals surface area contributed by atoms with Gasteiger partial charge in [0.05, 0.1) is 12.6 Å². The second kappa shape index (κ2) is 6.90. The van der Waals surface area contributed by atoms with Crippen molar-refractivity contribution in [1.82, 2.24) is 4.90 Å². The van der Waals surface area contributed by atoms with Gasteiger partial charge in [-0.2, -0.15) is 0 Å². The van der Waals surface area contributed by atoms with Crippen molar-refractivity contribution < 1.29 is 24.2 Å². The van der Waals surface area contributed by atoms with E-state index in [-0.39, 0.29) is 13.1 Å². The van der Waals surface area contributed by atoms with E-state index in [1.54, 1.807) is 41.5 Å². The van der Waals surface area contributed by atoms with Gasteiger partial charge in [-0.3, -0.25) is 0 Å². The lowest BCUT2D eigenvalue weighted by Crippen LogP contribution is -2.48. The van der Waals surface area contributed by atoms with Crippen molar-refractivity contribution >= 4 is 12.2 Å². The fourth-order valence-corrected chi connectivity index (χ4v) is 1.14. The van der Waals surface area contributed by atoms with E-state index in [0.717, 1.165) is 0 Å². The smallest absolute Gasteiger partial charge is 0.419 e. The van der Waals surface area contributed by atoms with E-state index in [1.165, 1.54) is 0 Å². The molecule has 0 rings (SSSR count). The highest BCUT2D eigenvalue weighted by Gasteiger charge is 2.32. The number of rotatable bonds is 3. The summed E-state index contributed by atoms with van der Waals surface area (Å²) in [4.78, 5) is 24.7. The first-order valence-electron chi connectivity index (χ1n) is 6.47. The topological polar surface area (TPSA) is 102 Å². The van der Waals surface area contributed by atoms with Gasteiger partial charge in [0.15, 0.2) is 0 Å². The summed E-state index contributed by atoms with van der Waals surface area (Å²) in [6, 6.07) is 0. The predicted octanol–water partition coefficient (Wildman–Crippen LogP) is 1.48. The van der Waals surface area contributed by atoms with E-state index in [4.69, 9.17) is 15.2 Å². The molecule has 7 nitrogen and oxygen atoms in total. The van der Waals surface area contributed by atoms with Crippen molar-refractivity contribution in [3.05, 3.63) is 0 Å². The summed E-state index contributed by atoms with van der Waals surface area (Å²) in [5.41, 5.74) is 3.78. The van der Waals surface area contributed by atoms with Crippen LogP contribution in [0.3, 0.4) is 0 Å². The van der Waals surface area contributed by atoms with Crippen LogP contribution in [0, 0.1) is 0 Å². The Kier molecular flexibility index (Phi) is 6.43. The average Bonchev–Trinajstić information content (AvgIpc) is 2.19. The molecule has 0 heterocycles. The normalized spacial score (nSPS) is 13.6. The van der Waals surface area contributed by atoms with E-state index >= 15 is 0 Å². The van der Waals surface area contributed by atoms with Crippen LogP contribution in [0.4, 0.5) is 9.59 Å². The molecule has 0 unspecified atom stereocenters. The van der Waals surface area contributed by atoms with E-state index in [1.807, 2.05) is 0 Å². The Hall–Kier alpha value is -1.34. The van der Waals surface area contributed by atoms with Gasteiger partial charge in [-0.15, -0.1) is 0 Å². The van der Waals surface area contributed by atoms with Crippen LogP contribution in [0.15, 0.2) is 0 Å². The highest BCUT2D eigenvalue weighted by atomic mass is 16.6. The summed E-state index contributed by atoms with van der Waals surface area (Å²) >= 11 is 0. The predicted molar refractivity (Wildman–Crippen MR) is 74.2 cm³/mol. The quantitative estimate of drug-likeness (QED) is 0.816. The molecule has 0 bridgehead atoms. The SMILES string of the molecule is CC(C)(C)OC(=O)N(C[C@@H](O)CN)C(=O)OC(C)(C)C. The molecule has 0 radical (unpaired) electrons. The molecule has 1 atom stereocenters. The molecule has 0 saturated heterocycles. The van der Waals surface area contributed by atoms with E-state index in [0.29, 0.717) is 4.90 Å². The molecule has 118 valence electrons. The minimum Gasteiger partial charge on any atom is -0.443 e. The zero-order valence-corrected chi connectivity index (χ0v) is 13.1. The molecule has 0 aliphatic rings. The summed E-state index contributed by atoms with van der Waals surface area (Å²) < 4.78 is 10.2. The second-order valence-corrected chi connectivity index (χ2v) is 6.46. The van der Waals surface area contributed by atoms with Crippen molar-refractivity contribution in [2.24, 2.45) is 5.73 Å². The van der Waals surface area contributed by atoms with E-state index in [2.05, 4.69) is 0 Å². The Morgan fingerprint density at radius 1 is 1.05 bits per heavy atom. The van der Waals surface area contributed by atoms with Gasteiger partial charge in [-0.1, -0.05) is 0 Å². The third-order valence-electron chi connectivity index (χ3n) is 1.89. The van der Waals surface area contributed by atoms with Crippen molar-refractivity contribution in [2.45, 2.75) is 58.8 Å². The number of nitrogens with two attached hydrogens (primary N) is 1. The number of imide groups is 1. The Bertz CT molecular complexity index is 316. The highest BCUT2D eigenvalue weighted by molar-refractivity contribution is 5.88. The number of hydrogen-bond acceptors (Lipinski definition) is 6. The van der Waals surface area contributed by atoms with Crippen LogP contribution in [0.2, 0.25) is 0 Å². The van der Waals surface area contributed by atoms with E-state index < -0.39 is 29.5 Å². The number of aliphatic hydroxyl groups excluding tert-OH is 1. The van der Waals surface area contributed by atoms with Gasteiger partial charge in [0.1, 0.15) is 11.2 Å². The van der Waals surface area contributed by atoms with Gasteiger partial charge < -0.3 is 20.3 Å². The fraction of sp³-hybridized carbons (Fsp3) is 0.846. The summed E-state index contributed by atoms with van der Waals surface area (Å²) in [6.07, 6.45) is -2.78. The Morgan fingerprint density at radius 2 is 1.40 bits per heavy atom. The summed E-state index contributed by atoms with van der Waals surface area (Å²) in [5, 5.41) is 9.54. The number of carbonyl (C=O) groups is 2. The van der Waals surface area contributed by atoms with Crippen LogP contribution < -0.4 is 5.73 Å². The number of carbonyl (C=O) groups excluding carboxylic acids is 2. The van der Waals surface area contributed by atoms with Crippen LogP contribution in [-0.2, 0) is 9.47 Å². The molecule has 7 heteroatoms. The summed E-state index contributed by atoms with van der Waals surface area (Å²) in [6.45, 7) is 9.71. The average molecular weight is 290 g/mol. The van der Waals surface area contributed by atoms with Gasteiger partial charge in [-0.25, -0.2) is 14.5 Å². The minimum atomic E-state index is -1.03. The molecule has 0 aromatic heterocycles. The third kappa shape index (κ3) is 7.96. The van der Waals surface area contributed by atoms with Gasteiger partial charge in [0, 0.05) is 6.54 Å². The molecule has 0 aromatic rings. The van der Waals surface area contributed by atoms with Crippen LogP contribution in [-0.4, -0.2) is 52.6 Å². The monoisotopic (exact) mass is 290 g/mol. The lowest BCUT2D eigenvalue weighted by Gasteiger charge is -2.29. The van der Waals surface area contributed by atoms with Gasteiger partial charge >= 0.3 is 12.2 Å². The molecule has 0 fully saturated rings. The molecule has 0 aliphatic heterocycles. The highest BCUT2D eigenvalue weighted by Crippen LogP contribution is 2.14. The Balaban J connectivity index is 4.98. The molecular formula is C13H26N2O5. The summed E-state index contributed by atoms with van der Waals surface area (Å²) in [7, 11) is 0. The molecule has 2 amide bonds. The molecule has 0 spiro atoms. The number of nitrogens with zero attached hydrogens (tertiary/aromatic N) is 1. The lowest BCUT2D eigenvalue weighted by molar-refractivity contribution is -0.00683. The van der Waals surface area contributed by atoms with Gasteiger partial charge in [0.25, 0.3) is 0 Å². The standard InChI is InChI=1S/C13H26N2O5/c1-12(2,3)19-10(17)15(8-9(16)7-14)11(18)20-13(4,5)6/h9,16H,7-8,14H2,1-6H3/t9-/m0/s1. The van der Waals surface area contributed by atoms with Crippen LogP contribution in [0.1, 0.15) is 41.5 Å². The summed E-state index contributed by atoms with van der Waals surface area (Å²) in [5.74, 6) is 0. The third-order valence-corrected chi connectivity index (χ3v) is 1.89. The van der Waals surface area contributed by atoms with E-state index in [9.17, 15) is 14.7 Å². The van der Waals surface area contributed by atoms with Crippen molar-refractivity contribution in [2.75, 3.05) is 13.1 Å². The van der Waals surface area contributed by atoms with Crippen molar-refractivity contribution in [3.8, 4) is 0 Å². The Labute approximate surface area is 120 Å². The number of hydrogen-bond donors (Lipinski definition) is 2. The Morgan fingerprint density at radius 3 is 1.65 bits per heavy atom. The van der Waals surface area contributed by atoms with Crippen LogP contribution >= 0.6 is 0 Å². The number of amides is 2. The zero-order valence-electron chi connectivity index (χ0n) is 13.1. The van der Waals surface area contributed by atoms with Crippen molar-refractivity contribution in [3.63, 3.8) is 0 Å². The molecular weight excluding hydrogens is 264 g/mol. The minimum absolute atomic E-state index is 0.0813. The molecule has 0 aromatic carbocycles. The molecule has 20 heavy (non-hydrogen) atoms. The fourth-order valence-electron chi connectivity index (χ4n) is 1.14. The molecule has 3 N–H and O–H groups in total. The number of aliphatic hydroxyl groups is 1. The first-order valence-corrected chi connectivity index (χ1v) is 6.47. The second-order valence-electron chi connectivity index (χ2n) is 6.46. The first-order chi connectivity index (χ1) is 8.85. The largest absolute Gasteiger partial charge is 0.443 e. The van der Waals surface area contributed by atoms with Crippen LogP contribution in [0.5, 0.6) is 0 Å². The molecule has 0 aliphatic carbocycles. The maximum Gasteiger partial charge on any atom is 0.419 e. The molecule has 0 saturated carbocycles. The first kappa shape index (κ1) is 18.7. The number of ether oxygens (including phenoxy) is 2.